The highest BCUT2D eigenvalue weighted by molar-refractivity contribution is 7.99. The fourth-order valence-electron chi connectivity index (χ4n) is 1.93. The number of oxazole rings is 1. The summed E-state index contributed by atoms with van der Waals surface area (Å²) in [5, 5.41) is 0. The molecule has 18 heavy (non-hydrogen) atoms. The van der Waals surface area contributed by atoms with Crippen LogP contribution in [-0.4, -0.2) is 10.7 Å². The minimum atomic E-state index is 0.845. The Morgan fingerprint density at radius 3 is 2.72 bits per heavy atom. The van der Waals surface area contributed by atoms with Crippen molar-refractivity contribution in [3.63, 3.8) is 0 Å². The number of nitrogens with zero attached hydrogens (tertiary/aromatic N) is 1. The van der Waals surface area contributed by atoms with E-state index in [1.165, 1.54) is 29.0 Å². The van der Waals surface area contributed by atoms with E-state index in [9.17, 15) is 0 Å². The molecule has 3 heteroatoms. The minimum Gasteiger partial charge on any atom is -0.443 e. The lowest BCUT2D eigenvalue weighted by Gasteiger charge is -1.92. The van der Waals surface area contributed by atoms with Crippen LogP contribution < -0.4 is 0 Å². The van der Waals surface area contributed by atoms with E-state index in [2.05, 4.69) is 29.2 Å². The summed E-state index contributed by atoms with van der Waals surface area (Å²) < 4.78 is 5.01. The molecule has 2 aromatic carbocycles. The van der Waals surface area contributed by atoms with Crippen molar-refractivity contribution in [3.8, 4) is 0 Å². The van der Waals surface area contributed by atoms with E-state index < -0.39 is 0 Å². The highest BCUT2D eigenvalue weighted by Crippen LogP contribution is 2.30. The van der Waals surface area contributed by atoms with Gasteiger partial charge in [0.05, 0.1) is 0 Å². The van der Waals surface area contributed by atoms with Gasteiger partial charge in [-0.1, -0.05) is 30.3 Å². The second kappa shape index (κ2) is 5.27. The first-order chi connectivity index (χ1) is 8.93. The van der Waals surface area contributed by atoms with Crippen molar-refractivity contribution < 1.29 is 4.42 Å². The zero-order valence-electron chi connectivity index (χ0n) is 9.87. The van der Waals surface area contributed by atoms with Crippen LogP contribution in [0.25, 0.3) is 11.1 Å². The molecule has 0 atom stereocenters. The first-order valence-corrected chi connectivity index (χ1v) is 6.91. The minimum absolute atomic E-state index is 0.845. The molecule has 0 saturated carbocycles. The number of hydrogen-bond donors (Lipinski definition) is 0. The third kappa shape index (κ3) is 2.41. The average Bonchev–Trinajstić information content (AvgIpc) is 3.08. The van der Waals surface area contributed by atoms with Gasteiger partial charge in [-0.05, 0) is 30.2 Å². The number of thioether (sulfide) groups is 1. The van der Waals surface area contributed by atoms with E-state index >= 15 is 0 Å². The maximum absolute atomic E-state index is 5.01. The van der Waals surface area contributed by atoms with Gasteiger partial charge in [-0.3, -0.25) is 0 Å². The van der Waals surface area contributed by atoms with Gasteiger partial charge in [0.2, 0.25) is 0 Å². The maximum Gasteiger partial charge on any atom is 0.181 e. The number of fused-ring (bicyclic) bond motifs is 2. The molecule has 2 nitrogen and oxygen atoms in total. The Bertz CT molecular complexity index is 594. The van der Waals surface area contributed by atoms with E-state index in [4.69, 9.17) is 4.42 Å². The van der Waals surface area contributed by atoms with E-state index in [-0.39, 0.29) is 0 Å². The number of aromatic nitrogens is 1. The number of rotatable bonds is 0. The first kappa shape index (κ1) is 11.4. The van der Waals surface area contributed by atoms with Crippen molar-refractivity contribution in [3.05, 3.63) is 60.5 Å². The van der Waals surface area contributed by atoms with Gasteiger partial charge in [0, 0.05) is 10.6 Å². The highest BCUT2D eigenvalue weighted by Gasteiger charge is 2.07. The Labute approximate surface area is 110 Å². The number of hydrogen-bond acceptors (Lipinski definition) is 3. The molecular weight excluding hydrogens is 242 g/mol. The summed E-state index contributed by atoms with van der Waals surface area (Å²) in [4.78, 5) is 5.44. The molecule has 1 aliphatic rings. The molecular formula is C15H13NOS. The van der Waals surface area contributed by atoms with Gasteiger partial charge >= 0.3 is 0 Å². The van der Waals surface area contributed by atoms with Crippen molar-refractivity contribution >= 4 is 22.9 Å². The second-order valence-electron chi connectivity index (χ2n) is 4.03. The SMILES string of the molecule is c1ccc2c(c1)CCS2.c1ccc2ocnc2c1. The molecule has 0 aliphatic carbocycles. The molecule has 0 N–H and O–H groups in total. The summed E-state index contributed by atoms with van der Waals surface area (Å²) in [7, 11) is 0. The van der Waals surface area contributed by atoms with Crippen LogP contribution in [0.5, 0.6) is 0 Å². The summed E-state index contributed by atoms with van der Waals surface area (Å²) in [5.41, 5.74) is 3.29. The van der Waals surface area contributed by atoms with Crippen LogP contribution in [0.1, 0.15) is 5.56 Å². The largest absolute Gasteiger partial charge is 0.443 e. The fraction of sp³-hybridized carbons (Fsp3) is 0.133. The smallest absolute Gasteiger partial charge is 0.181 e. The quantitative estimate of drug-likeness (QED) is 0.603. The van der Waals surface area contributed by atoms with Gasteiger partial charge < -0.3 is 4.42 Å². The van der Waals surface area contributed by atoms with Crippen molar-refractivity contribution in [1.82, 2.24) is 4.98 Å². The maximum atomic E-state index is 5.01. The lowest BCUT2D eigenvalue weighted by atomic mass is 10.2. The van der Waals surface area contributed by atoms with Gasteiger partial charge in [-0.25, -0.2) is 4.98 Å². The molecule has 0 bridgehead atoms. The van der Waals surface area contributed by atoms with Crippen molar-refractivity contribution in [1.29, 1.82) is 0 Å². The molecule has 4 rings (SSSR count). The van der Waals surface area contributed by atoms with Gasteiger partial charge in [-0.15, -0.1) is 11.8 Å². The Balaban J connectivity index is 0.000000111. The highest BCUT2D eigenvalue weighted by atomic mass is 32.2. The van der Waals surface area contributed by atoms with E-state index in [0.717, 1.165) is 11.1 Å². The molecule has 0 saturated heterocycles. The van der Waals surface area contributed by atoms with Crippen LogP contribution in [0.15, 0.2) is 64.2 Å². The zero-order valence-corrected chi connectivity index (χ0v) is 10.7. The third-order valence-electron chi connectivity index (χ3n) is 2.84. The summed E-state index contributed by atoms with van der Waals surface area (Å²) >= 11 is 1.97. The van der Waals surface area contributed by atoms with Gasteiger partial charge in [0.15, 0.2) is 12.0 Å². The van der Waals surface area contributed by atoms with Crippen molar-refractivity contribution in [2.45, 2.75) is 11.3 Å². The predicted octanol–water partition coefficient (Wildman–Crippen LogP) is 4.16. The molecule has 0 fully saturated rings. The lowest BCUT2D eigenvalue weighted by molar-refractivity contribution is 0.602. The van der Waals surface area contributed by atoms with E-state index in [0.29, 0.717) is 0 Å². The number of benzene rings is 2. The number of aryl methyl sites for hydroxylation is 1. The molecule has 0 amide bonds. The Morgan fingerprint density at radius 1 is 1.00 bits per heavy atom. The lowest BCUT2D eigenvalue weighted by Crippen LogP contribution is -1.76. The van der Waals surface area contributed by atoms with Crippen LogP contribution in [0.4, 0.5) is 0 Å². The third-order valence-corrected chi connectivity index (χ3v) is 3.96. The first-order valence-electron chi connectivity index (χ1n) is 5.92. The van der Waals surface area contributed by atoms with Crippen molar-refractivity contribution in [2.75, 3.05) is 5.75 Å². The average molecular weight is 255 g/mol. The van der Waals surface area contributed by atoms with E-state index in [1.54, 1.807) is 0 Å². The summed E-state index contributed by atoms with van der Waals surface area (Å²) in [6, 6.07) is 16.3. The van der Waals surface area contributed by atoms with E-state index in [1.807, 2.05) is 36.0 Å². The summed E-state index contributed by atoms with van der Waals surface area (Å²) in [6.45, 7) is 0. The van der Waals surface area contributed by atoms with Crippen LogP contribution >= 0.6 is 11.8 Å². The topological polar surface area (TPSA) is 26.0 Å². The van der Waals surface area contributed by atoms with Gasteiger partial charge in [0.1, 0.15) is 5.52 Å². The molecule has 0 unspecified atom stereocenters. The molecule has 1 aliphatic heterocycles. The molecule has 2 heterocycles. The van der Waals surface area contributed by atoms with Crippen LogP contribution in [-0.2, 0) is 6.42 Å². The van der Waals surface area contributed by atoms with Crippen LogP contribution in [0, 0.1) is 0 Å². The molecule has 3 aromatic rings. The summed E-state index contributed by atoms with van der Waals surface area (Å²) in [6.07, 6.45) is 2.71. The number of para-hydroxylation sites is 2. The van der Waals surface area contributed by atoms with Gasteiger partial charge in [0.25, 0.3) is 0 Å². The Morgan fingerprint density at radius 2 is 1.83 bits per heavy atom. The molecule has 0 spiro atoms. The standard InChI is InChI=1S/C8H8S.C7H5NO/c1-2-4-8-7(3-1)5-6-9-8;1-2-4-7-6(3-1)8-5-9-7/h1-4H,5-6H2;1-5H. The van der Waals surface area contributed by atoms with Crippen LogP contribution in [0.2, 0.25) is 0 Å². The summed E-state index contributed by atoms with van der Waals surface area (Å²) in [5.74, 6) is 1.28. The molecule has 0 radical (unpaired) electrons. The fourth-order valence-corrected chi connectivity index (χ4v) is 3.00. The molecule has 90 valence electrons. The normalized spacial score (nSPS) is 12.9. The van der Waals surface area contributed by atoms with Crippen LogP contribution in [0.3, 0.4) is 0 Å². The molecule has 1 aromatic heterocycles. The second-order valence-corrected chi connectivity index (χ2v) is 5.16. The van der Waals surface area contributed by atoms with Gasteiger partial charge in [-0.2, -0.15) is 0 Å². The zero-order chi connectivity index (χ0) is 12.2. The predicted molar refractivity (Wildman–Crippen MR) is 74.9 cm³/mol. The van der Waals surface area contributed by atoms with Crippen molar-refractivity contribution in [2.24, 2.45) is 0 Å². The Kier molecular flexibility index (Phi) is 3.33. The Hall–Kier alpha value is -1.74. The monoisotopic (exact) mass is 255 g/mol.